The van der Waals surface area contributed by atoms with Gasteiger partial charge < -0.3 is 20.3 Å². The van der Waals surface area contributed by atoms with Crippen LogP contribution in [0.2, 0.25) is 0 Å². The van der Waals surface area contributed by atoms with Crippen LogP contribution in [0.25, 0.3) is 11.0 Å². The third-order valence-corrected chi connectivity index (χ3v) is 4.00. The van der Waals surface area contributed by atoms with Gasteiger partial charge in [0.2, 0.25) is 0 Å². The number of nitrogens with one attached hydrogen (secondary N) is 2. The first kappa shape index (κ1) is 17.3. The summed E-state index contributed by atoms with van der Waals surface area (Å²) in [5, 5.41) is 6.06. The summed E-state index contributed by atoms with van der Waals surface area (Å²) in [6.07, 6.45) is 0.467. The van der Waals surface area contributed by atoms with Crippen LogP contribution in [0.5, 0.6) is 0 Å². The average molecular weight is 343 g/mol. The molecule has 0 saturated carbocycles. The maximum absolute atomic E-state index is 12.0. The van der Waals surface area contributed by atoms with Gasteiger partial charge in [0.25, 0.3) is 0 Å². The van der Waals surface area contributed by atoms with Gasteiger partial charge in [0.05, 0.1) is 17.1 Å². The molecule has 2 aromatic rings. The van der Waals surface area contributed by atoms with Crippen molar-refractivity contribution in [3.8, 4) is 0 Å². The largest absolute Gasteiger partial charge is 0.444 e. The number of fused-ring (bicyclic) bond motifs is 1. The van der Waals surface area contributed by atoms with Crippen LogP contribution in [-0.2, 0) is 4.74 Å². The minimum absolute atomic E-state index is 0.0350. The lowest BCUT2D eigenvalue weighted by molar-refractivity contribution is 0.0509. The van der Waals surface area contributed by atoms with Crippen molar-refractivity contribution in [1.29, 1.82) is 0 Å². The van der Waals surface area contributed by atoms with E-state index in [1.165, 1.54) is 0 Å². The number of hydrogen-bond donors (Lipinski definition) is 2. The summed E-state index contributed by atoms with van der Waals surface area (Å²) in [7, 11) is 1.84. The molecule has 0 bridgehead atoms. The Balaban J connectivity index is 1.73. The minimum atomic E-state index is -0.495. The summed E-state index contributed by atoms with van der Waals surface area (Å²) < 4.78 is 5.33. The topological polar surface area (TPSA) is 79.4 Å². The maximum atomic E-state index is 12.0. The number of aromatic nitrogens is 2. The molecule has 1 saturated heterocycles. The lowest BCUT2D eigenvalue weighted by Crippen LogP contribution is -2.40. The van der Waals surface area contributed by atoms with Crippen molar-refractivity contribution in [3.63, 3.8) is 0 Å². The fourth-order valence-electron chi connectivity index (χ4n) is 2.92. The second-order valence-electron chi connectivity index (χ2n) is 7.21. The van der Waals surface area contributed by atoms with Crippen LogP contribution in [0.1, 0.15) is 27.2 Å². The van der Waals surface area contributed by atoms with E-state index in [0.717, 1.165) is 35.6 Å². The predicted octanol–water partition coefficient (Wildman–Crippen LogP) is 2.77. The molecule has 1 aromatic heterocycles. The molecule has 134 valence electrons. The molecule has 1 atom stereocenters. The molecule has 1 amide bonds. The van der Waals surface area contributed by atoms with Gasteiger partial charge in [-0.15, -0.1) is 0 Å². The predicted molar refractivity (Wildman–Crippen MR) is 99.1 cm³/mol. The minimum Gasteiger partial charge on any atom is -0.444 e. The second kappa shape index (κ2) is 6.74. The Kier molecular flexibility index (Phi) is 4.65. The highest BCUT2D eigenvalue weighted by Gasteiger charge is 2.28. The molecule has 0 unspecified atom stereocenters. The Hall–Kier alpha value is -2.57. The molecule has 7 nitrogen and oxygen atoms in total. The van der Waals surface area contributed by atoms with Crippen molar-refractivity contribution in [2.75, 3.05) is 30.4 Å². The maximum Gasteiger partial charge on any atom is 0.407 e. The fraction of sp³-hybridized carbons (Fsp3) is 0.500. The van der Waals surface area contributed by atoms with Crippen LogP contribution >= 0.6 is 0 Å². The van der Waals surface area contributed by atoms with Gasteiger partial charge in [-0.25, -0.2) is 14.8 Å². The zero-order chi connectivity index (χ0) is 18.0. The number of ether oxygens (including phenoxy) is 1. The third kappa shape index (κ3) is 4.10. The molecule has 0 aliphatic carbocycles. The number of anilines is 2. The zero-order valence-electron chi connectivity index (χ0n) is 15.2. The zero-order valence-corrected chi connectivity index (χ0v) is 15.2. The van der Waals surface area contributed by atoms with Gasteiger partial charge in [-0.3, -0.25) is 0 Å². The number of para-hydroxylation sites is 2. The monoisotopic (exact) mass is 343 g/mol. The van der Waals surface area contributed by atoms with Gasteiger partial charge in [0.1, 0.15) is 5.60 Å². The highest BCUT2D eigenvalue weighted by atomic mass is 16.6. The number of carbonyl (C=O) groups is 1. The van der Waals surface area contributed by atoms with Gasteiger partial charge in [-0.1, -0.05) is 12.1 Å². The number of benzene rings is 1. The van der Waals surface area contributed by atoms with Crippen molar-refractivity contribution in [2.24, 2.45) is 0 Å². The highest BCUT2D eigenvalue weighted by Crippen LogP contribution is 2.27. The van der Waals surface area contributed by atoms with E-state index < -0.39 is 5.60 Å². The van der Waals surface area contributed by atoms with Crippen molar-refractivity contribution in [2.45, 2.75) is 38.8 Å². The Bertz CT molecular complexity index is 772. The SMILES string of the molecule is CNc1nc2ccccc2nc1N1CC[C@@H](NC(=O)OC(C)(C)C)C1. The van der Waals surface area contributed by atoms with Crippen LogP contribution in [0, 0.1) is 0 Å². The lowest BCUT2D eigenvalue weighted by atomic mass is 10.2. The van der Waals surface area contributed by atoms with Crippen LogP contribution in [0.4, 0.5) is 16.4 Å². The quantitative estimate of drug-likeness (QED) is 0.892. The summed E-state index contributed by atoms with van der Waals surface area (Å²) in [6, 6.07) is 7.85. The summed E-state index contributed by atoms with van der Waals surface area (Å²) in [6.45, 7) is 7.06. The lowest BCUT2D eigenvalue weighted by Gasteiger charge is -2.23. The molecule has 2 N–H and O–H groups in total. The molecular weight excluding hydrogens is 318 g/mol. The normalized spacial score (nSPS) is 17.6. The van der Waals surface area contributed by atoms with Gasteiger partial charge in [0.15, 0.2) is 11.6 Å². The van der Waals surface area contributed by atoms with Crippen LogP contribution in [0.3, 0.4) is 0 Å². The van der Waals surface area contributed by atoms with E-state index in [0.29, 0.717) is 6.54 Å². The first-order chi connectivity index (χ1) is 11.9. The molecule has 25 heavy (non-hydrogen) atoms. The molecule has 0 radical (unpaired) electrons. The second-order valence-corrected chi connectivity index (χ2v) is 7.21. The van der Waals surface area contributed by atoms with Gasteiger partial charge in [-0.05, 0) is 39.3 Å². The van der Waals surface area contributed by atoms with Crippen molar-refractivity contribution in [1.82, 2.24) is 15.3 Å². The molecule has 2 heterocycles. The first-order valence-electron chi connectivity index (χ1n) is 8.55. The standard InChI is InChI=1S/C18H25N5O2/c1-18(2,3)25-17(24)20-12-9-10-23(11-12)16-15(19-4)21-13-7-5-6-8-14(13)22-16/h5-8,12H,9-11H2,1-4H3,(H,19,21)(H,20,24)/t12-/m1/s1. The first-order valence-corrected chi connectivity index (χ1v) is 8.55. The van der Waals surface area contributed by atoms with Gasteiger partial charge in [0, 0.05) is 20.1 Å². The van der Waals surface area contributed by atoms with E-state index in [9.17, 15) is 4.79 Å². The molecule has 1 aliphatic heterocycles. The number of alkyl carbamates (subject to hydrolysis) is 1. The Labute approximate surface area is 147 Å². The number of nitrogens with zero attached hydrogens (tertiary/aromatic N) is 3. The molecular formula is C18H25N5O2. The van der Waals surface area contributed by atoms with E-state index in [-0.39, 0.29) is 12.1 Å². The average Bonchev–Trinajstić information content (AvgIpc) is 2.99. The van der Waals surface area contributed by atoms with Gasteiger partial charge in [-0.2, -0.15) is 0 Å². The smallest absolute Gasteiger partial charge is 0.407 e. The molecule has 1 aliphatic rings. The molecule has 0 spiro atoms. The number of rotatable bonds is 3. The Morgan fingerprint density at radius 1 is 1.24 bits per heavy atom. The Morgan fingerprint density at radius 3 is 2.56 bits per heavy atom. The molecule has 1 aromatic carbocycles. The molecule has 1 fully saturated rings. The number of carbonyl (C=O) groups excluding carboxylic acids is 1. The summed E-state index contributed by atoms with van der Waals surface area (Å²) in [5.74, 6) is 1.56. The van der Waals surface area contributed by atoms with Crippen molar-refractivity contribution in [3.05, 3.63) is 24.3 Å². The summed E-state index contributed by atoms with van der Waals surface area (Å²) >= 11 is 0. The van der Waals surface area contributed by atoms with Gasteiger partial charge >= 0.3 is 6.09 Å². The van der Waals surface area contributed by atoms with E-state index in [2.05, 4.69) is 20.5 Å². The van der Waals surface area contributed by atoms with E-state index in [1.54, 1.807) is 0 Å². The van der Waals surface area contributed by atoms with Crippen molar-refractivity contribution >= 4 is 28.8 Å². The van der Waals surface area contributed by atoms with E-state index in [1.807, 2.05) is 52.1 Å². The Morgan fingerprint density at radius 2 is 1.92 bits per heavy atom. The number of hydrogen-bond acceptors (Lipinski definition) is 6. The summed E-state index contributed by atoms with van der Waals surface area (Å²) in [5.41, 5.74) is 1.23. The summed E-state index contributed by atoms with van der Waals surface area (Å²) in [4.78, 5) is 23.5. The van der Waals surface area contributed by atoms with Crippen LogP contribution < -0.4 is 15.5 Å². The van der Waals surface area contributed by atoms with Crippen LogP contribution in [-0.4, -0.2) is 47.8 Å². The van der Waals surface area contributed by atoms with E-state index in [4.69, 9.17) is 9.72 Å². The molecule has 3 rings (SSSR count). The van der Waals surface area contributed by atoms with E-state index >= 15 is 0 Å². The highest BCUT2D eigenvalue weighted by molar-refractivity contribution is 5.80. The number of amides is 1. The third-order valence-electron chi connectivity index (χ3n) is 4.00. The van der Waals surface area contributed by atoms with Crippen LogP contribution in [0.15, 0.2) is 24.3 Å². The fourth-order valence-corrected chi connectivity index (χ4v) is 2.92. The molecule has 7 heteroatoms. The van der Waals surface area contributed by atoms with Crippen molar-refractivity contribution < 1.29 is 9.53 Å².